The van der Waals surface area contributed by atoms with Crippen LogP contribution in [0.1, 0.15) is 38.3 Å². The van der Waals surface area contributed by atoms with Crippen LogP contribution in [0.5, 0.6) is 0 Å². The highest BCUT2D eigenvalue weighted by Crippen LogP contribution is 2.33. The van der Waals surface area contributed by atoms with Crippen LogP contribution in [0.15, 0.2) is 30.3 Å². The van der Waals surface area contributed by atoms with E-state index < -0.39 is 0 Å². The molecule has 1 aliphatic heterocycles. The van der Waals surface area contributed by atoms with Crippen LogP contribution in [-0.2, 0) is 0 Å². The molecule has 1 saturated heterocycles. The van der Waals surface area contributed by atoms with E-state index in [2.05, 4.69) is 43.0 Å². The zero-order chi connectivity index (χ0) is 13.1. The van der Waals surface area contributed by atoms with Crippen molar-refractivity contribution in [2.24, 2.45) is 11.7 Å². The number of nitrogens with zero attached hydrogens (tertiary/aromatic N) is 1. The second kappa shape index (κ2) is 5.53. The maximum absolute atomic E-state index is 7.61. The van der Waals surface area contributed by atoms with E-state index in [1.54, 1.807) is 0 Å². The van der Waals surface area contributed by atoms with Gasteiger partial charge < -0.3 is 5.73 Å². The van der Waals surface area contributed by atoms with Gasteiger partial charge in [0.1, 0.15) is 0 Å². The number of nitrogens with two attached hydrogens (primary N) is 1. The third-order valence-corrected chi connectivity index (χ3v) is 3.83. The third-order valence-electron chi connectivity index (χ3n) is 3.83. The Kier molecular flexibility index (Phi) is 4.02. The first-order chi connectivity index (χ1) is 8.58. The Labute approximate surface area is 109 Å². The molecule has 3 N–H and O–H groups in total. The number of nitrogens with one attached hydrogen (secondary N) is 1. The summed E-state index contributed by atoms with van der Waals surface area (Å²) < 4.78 is 0. The summed E-state index contributed by atoms with van der Waals surface area (Å²) in [6, 6.07) is 11.3. The van der Waals surface area contributed by atoms with Gasteiger partial charge in [-0.05, 0) is 24.8 Å². The van der Waals surface area contributed by atoms with E-state index >= 15 is 0 Å². The quantitative estimate of drug-likeness (QED) is 0.633. The van der Waals surface area contributed by atoms with Gasteiger partial charge >= 0.3 is 0 Å². The molecule has 0 saturated carbocycles. The average molecular weight is 245 g/mol. The van der Waals surface area contributed by atoms with Gasteiger partial charge in [0.25, 0.3) is 0 Å². The molecule has 3 unspecified atom stereocenters. The first-order valence-corrected chi connectivity index (χ1v) is 6.71. The normalized spacial score (nSPS) is 26.1. The van der Waals surface area contributed by atoms with Crippen LogP contribution in [0.2, 0.25) is 0 Å². The van der Waals surface area contributed by atoms with E-state index in [-0.39, 0.29) is 11.9 Å². The fraction of sp³-hybridized carbons (Fsp3) is 0.533. The maximum atomic E-state index is 7.61. The minimum atomic E-state index is 0.253. The molecule has 18 heavy (non-hydrogen) atoms. The predicted octanol–water partition coefficient (Wildman–Crippen LogP) is 2.78. The molecule has 0 spiro atoms. The number of rotatable bonds is 4. The van der Waals surface area contributed by atoms with Gasteiger partial charge in [-0.25, -0.2) is 0 Å². The van der Waals surface area contributed by atoms with Crippen LogP contribution in [0.3, 0.4) is 0 Å². The Morgan fingerprint density at radius 2 is 2.06 bits per heavy atom. The molecule has 1 aromatic carbocycles. The molecule has 0 radical (unpaired) electrons. The van der Waals surface area contributed by atoms with Gasteiger partial charge in [-0.2, -0.15) is 0 Å². The number of hydrogen-bond acceptors (Lipinski definition) is 2. The molecule has 1 fully saturated rings. The highest BCUT2D eigenvalue weighted by molar-refractivity contribution is 5.77. The molecule has 0 amide bonds. The predicted molar refractivity (Wildman–Crippen MR) is 75.7 cm³/mol. The SMILES string of the molecule is CC1CC(C)N(C(CC(=N)N)c2ccccc2)C1. The van der Waals surface area contributed by atoms with E-state index in [0.717, 1.165) is 12.5 Å². The lowest BCUT2D eigenvalue weighted by Gasteiger charge is -2.31. The molecule has 1 aliphatic rings. The van der Waals surface area contributed by atoms with Gasteiger partial charge in [-0.15, -0.1) is 0 Å². The maximum Gasteiger partial charge on any atom is 0.0924 e. The minimum absolute atomic E-state index is 0.253. The largest absolute Gasteiger partial charge is 0.388 e. The molecule has 2 rings (SSSR count). The number of amidine groups is 1. The lowest BCUT2D eigenvalue weighted by molar-refractivity contribution is 0.191. The summed E-state index contributed by atoms with van der Waals surface area (Å²) in [5, 5.41) is 7.61. The molecule has 3 heteroatoms. The highest BCUT2D eigenvalue weighted by atomic mass is 15.2. The van der Waals surface area contributed by atoms with Crippen molar-refractivity contribution >= 4 is 5.84 Å². The van der Waals surface area contributed by atoms with Crippen LogP contribution in [0, 0.1) is 11.3 Å². The number of likely N-dealkylation sites (tertiary alicyclic amines) is 1. The van der Waals surface area contributed by atoms with Crippen molar-refractivity contribution in [2.45, 2.75) is 38.8 Å². The lowest BCUT2D eigenvalue weighted by atomic mass is 10.0. The molecule has 0 aromatic heterocycles. The Bertz CT molecular complexity index is 401. The summed E-state index contributed by atoms with van der Waals surface area (Å²) in [6.07, 6.45) is 1.86. The van der Waals surface area contributed by atoms with Gasteiger partial charge in [0.05, 0.1) is 5.84 Å². The first kappa shape index (κ1) is 13.1. The van der Waals surface area contributed by atoms with Crippen molar-refractivity contribution in [3.63, 3.8) is 0 Å². The van der Waals surface area contributed by atoms with Crippen LogP contribution in [-0.4, -0.2) is 23.3 Å². The van der Waals surface area contributed by atoms with Gasteiger partial charge in [0.15, 0.2) is 0 Å². The van der Waals surface area contributed by atoms with Gasteiger partial charge in [0.2, 0.25) is 0 Å². The van der Waals surface area contributed by atoms with E-state index in [1.165, 1.54) is 12.0 Å². The van der Waals surface area contributed by atoms with Gasteiger partial charge in [0, 0.05) is 25.0 Å². The summed E-state index contributed by atoms with van der Waals surface area (Å²) in [4.78, 5) is 2.50. The van der Waals surface area contributed by atoms with Crippen molar-refractivity contribution in [3.05, 3.63) is 35.9 Å². The monoisotopic (exact) mass is 245 g/mol. The van der Waals surface area contributed by atoms with Crippen molar-refractivity contribution in [3.8, 4) is 0 Å². The average Bonchev–Trinajstić information content (AvgIpc) is 2.66. The van der Waals surface area contributed by atoms with E-state index in [1.807, 2.05) is 6.07 Å². The Hall–Kier alpha value is -1.35. The molecule has 1 heterocycles. The summed E-state index contributed by atoms with van der Waals surface area (Å²) >= 11 is 0. The number of benzene rings is 1. The Balaban J connectivity index is 2.23. The second-order valence-corrected chi connectivity index (χ2v) is 5.54. The van der Waals surface area contributed by atoms with E-state index in [9.17, 15) is 0 Å². The Morgan fingerprint density at radius 1 is 1.39 bits per heavy atom. The van der Waals surface area contributed by atoms with Crippen molar-refractivity contribution < 1.29 is 0 Å². The smallest absolute Gasteiger partial charge is 0.0924 e. The number of hydrogen-bond donors (Lipinski definition) is 2. The zero-order valence-corrected chi connectivity index (χ0v) is 11.3. The van der Waals surface area contributed by atoms with Crippen LogP contribution < -0.4 is 5.73 Å². The summed E-state index contributed by atoms with van der Waals surface area (Å²) in [6.45, 7) is 5.68. The summed E-state index contributed by atoms with van der Waals surface area (Å²) in [5.41, 5.74) is 6.91. The molecule has 3 nitrogen and oxygen atoms in total. The Morgan fingerprint density at radius 3 is 2.56 bits per heavy atom. The first-order valence-electron chi connectivity index (χ1n) is 6.71. The van der Waals surface area contributed by atoms with Crippen molar-refractivity contribution in [2.75, 3.05) is 6.54 Å². The minimum Gasteiger partial charge on any atom is -0.388 e. The molecule has 98 valence electrons. The van der Waals surface area contributed by atoms with Gasteiger partial charge in [-0.3, -0.25) is 10.3 Å². The molecular formula is C15H23N3. The standard InChI is InChI=1S/C15H23N3/c1-11-8-12(2)18(10-11)14(9-15(16)17)13-6-4-3-5-7-13/h3-7,11-12,14H,8-10H2,1-2H3,(H3,16,17). The van der Waals surface area contributed by atoms with Crippen molar-refractivity contribution in [1.82, 2.24) is 4.90 Å². The fourth-order valence-electron chi connectivity index (χ4n) is 3.08. The molecule has 3 atom stereocenters. The highest BCUT2D eigenvalue weighted by Gasteiger charge is 2.32. The third kappa shape index (κ3) is 2.91. The lowest BCUT2D eigenvalue weighted by Crippen LogP contribution is -2.34. The molecule has 0 bridgehead atoms. The molecular weight excluding hydrogens is 222 g/mol. The topological polar surface area (TPSA) is 53.1 Å². The van der Waals surface area contributed by atoms with Crippen molar-refractivity contribution in [1.29, 1.82) is 5.41 Å². The fourth-order valence-corrected chi connectivity index (χ4v) is 3.08. The second-order valence-electron chi connectivity index (χ2n) is 5.54. The van der Waals surface area contributed by atoms with Crippen LogP contribution in [0.25, 0.3) is 0 Å². The molecule has 0 aliphatic carbocycles. The van der Waals surface area contributed by atoms with Crippen LogP contribution in [0.4, 0.5) is 0 Å². The summed E-state index contributed by atoms with van der Waals surface area (Å²) in [5.74, 6) is 1.01. The van der Waals surface area contributed by atoms with Gasteiger partial charge in [-0.1, -0.05) is 37.3 Å². The zero-order valence-electron chi connectivity index (χ0n) is 11.3. The van der Waals surface area contributed by atoms with E-state index in [0.29, 0.717) is 12.5 Å². The van der Waals surface area contributed by atoms with E-state index in [4.69, 9.17) is 11.1 Å². The van der Waals surface area contributed by atoms with Crippen LogP contribution >= 0.6 is 0 Å². The molecule has 1 aromatic rings. The summed E-state index contributed by atoms with van der Waals surface area (Å²) in [7, 11) is 0.